The molecule has 1 aliphatic rings. The van der Waals surface area contributed by atoms with E-state index in [0.29, 0.717) is 12.0 Å². The molecule has 30 heavy (non-hydrogen) atoms. The standard InChI is InChI=1S/C23H23FN2O4/c1-16(27)26-13-11-17-6-2-4-8-19(17)21(26)14-23(29)30-15-22(28)25-12-10-18-7-3-5-9-20(18)24/h2-9,11,13,21H,10,12,14-15H2,1H3,(H,25,28)/t21-/m0/s1. The van der Waals surface area contributed by atoms with Gasteiger partial charge in [0.25, 0.3) is 5.91 Å². The predicted octanol–water partition coefficient (Wildman–Crippen LogP) is 2.99. The fourth-order valence-corrected chi connectivity index (χ4v) is 3.36. The first-order chi connectivity index (χ1) is 14.5. The van der Waals surface area contributed by atoms with Gasteiger partial charge in [-0.3, -0.25) is 14.4 Å². The Morgan fingerprint density at radius 3 is 2.60 bits per heavy atom. The molecule has 0 spiro atoms. The molecule has 1 aliphatic heterocycles. The molecule has 1 heterocycles. The minimum Gasteiger partial charge on any atom is -0.456 e. The predicted molar refractivity (Wildman–Crippen MR) is 109 cm³/mol. The highest BCUT2D eigenvalue weighted by Gasteiger charge is 2.28. The van der Waals surface area contributed by atoms with Crippen molar-refractivity contribution in [1.29, 1.82) is 0 Å². The Morgan fingerprint density at radius 2 is 1.83 bits per heavy atom. The maximum Gasteiger partial charge on any atom is 0.308 e. The van der Waals surface area contributed by atoms with Crippen molar-refractivity contribution in [2.24, 2.45) is 0 Å². The van der Waals surface area contributed by atoms with Crippen molar-refractivity contribution in [3.8, 4) is 0 Å². The van der Waals surface area contributed by atoms with E-state index in [1.54, 1.807) is 24.4 Å². The number of nitrogens with one attached hydrogen (secondary N) is 1. The normalized spacial score (nSPS) is 14.7. The molecule has 7 heteroatoms. The van der Waals surface area contributed by atoms with E-state index >= 15 is 0 Å². The summed E-state index contributed by atoms with van der Waals surface area (Å²) in [7, 11) is 0. The molecular formula is C23H23FN2O4. The van der Waals surface area contributed by atoms with Gasteiger partial charge in [0.05, 0.1) is 12.5 Å². The summed E-state index contributed by atoms with van der Waals surface area (Å²) < 4.78 is 18.7. The highest BCUT2D eigenvalue weighted by atomic mass is 19.1. The number of halogens is 1. The van der Waals surface area contributed by atoms with E-state index in [9.17, 15) is 18.8 Å². The molecule has 156 valence electrons. The van der Waals surface area contributed by atoms with Crippen molar-refractivity contribution in [2.45, 2.75) is 25.8 Å². The van der Waals surface area contributed by atoms with Crippen molar-refractivity contribution in [2.75, 3.05) is 13.2 Å². The number of ether oxygens (including phenoxy) is 1. The Hall–Kier alpha value is -3.48. The Kier molecular flexibility index (Phi) is 6.95. The molecule has 0 radical (unpaired) electrons. The first-order valence-electron chi connectivity index (χ1n) is 9.67. The summed E-state index contributed by atoms with van der Waals surface area (Å²) in [6.45, 7) is 1.23. The van der Waals surface area contributed by atoms with E-state index in [-0.39, 0.29) is 24.7 Å². The lowest BCUT2D eigenvalue weighted by molar-refractivity contribution is -0.150. The van der Waals surface area contributed by atoms with Crippen LogP contribution >= 0.6 is 0 Å². The first kappa shape index (κ1) is 21.2. The van der Waals surface area contributed by atoms with Crippen LogP contribution in [0.3, 0.4) is 0 Å². The molecule has 1 atom stereocenters. The minimum absolute atomic E-state index is 0.0660. The molecule has 0 saturated heterocycles. The Labute approximate surface area is 174 Å². The van der Waals surface area contributed by atoms with Crippen molar-refractivity contribution in [1.82, 2.24) is 10.2 Å². The third-order valence-corrected chi connectivity index (χ3v) is 4.87. The molecule has 0 aromatic heterocycles. The number of benzene rings is 2. The molecule has 0 fully saturated rings. The number of amides is 2. The van der Waals surface area contributed by atoms with Gasteiger partial charge in [0.1, 0.15) is 5.82 Å². The van der Waals surface area contributed by atoms with Gasteiger partial charge in [-0.15, -0.1) is 0 Å². The molecule has 3 rings (SSSR count). The summed E-state index contributed by atoms with van der Waals surface area (Å²) in [6.07, 6.45) is 3.74. The molecule has 0 saturated carbocycles. The molecule has 6 nitrogen and oxygen atoms in total. The van der Waals surface area contributed by atoms with Gasteiger partial charge in [-0.1, -0.05) is 42.5 Å². The van der Waals surface area contributed by atoms with E-state index in [1.807, 2.05) is 30.3 Å². The Balaban J connectivity index is 1.50. The average molecular weight is 410 g/mol. The maximum atomic E-state index is 13.6. The Bertz CT molecular complexity index is 973. The number of carbonyl (C=O) groups is 3. The van der Waals surface area contributed by atoms with Crippen molar-refractivity contribution in [3.05, 3.63) is 77.2 Å². The highest BCUT2D eigenvalue weighted by Crippen LogP contribution is 2.33. The number of hydrogen-bond donors (Lipinski definition) is 1. The first-order valence-corrected chi connectivity index (χ1v) is 9.67. The minimum atomic E-state index is -0.583. The molecule has 2 aromatic carbocycles. The van der Waals surface area contributed by atoms with Crippen LogP contribution in [0.15, 0.2) is 54.7 Å². The maximum absolute atomic E-state index is 13.6. The quantitative estimate of drug-likeness (QED) is 0.712. The van der Waals surface area contributed by atoms with Crippen LogP contribution in [0.2, 0.25) is 0 Å². The van der Waals surface area contributed by atoms with Crippen molar-refractivity contribution in [3.63, 3.8) is 0 Å². The van der Waals surface area contributed by atoms with Gasteiger partial charge in [0.2, 0.25) is 5.91 Å². The van der Waals surface area contributed by atoms with E-state index in [0.717, 1.165) is 11.1 Å². The fourth-order valence-electron chi connectivity index (χ4n) is 3.36. The van der Waals surface area contributed by atoms with Gasteiger partial charge >= 0.3 is 5.97 Å². The third-order valence-electron chi connectivity index (χ3n) is 4.87. The lowest BCUT2D eigenvalue weighted by Crippen LogP contribution is -2.34. The largest absolute Gasteiger partial charge is 0.456 e. The summed E-state index contributed by atoms with van der Waals surface area (Å²) in [5, 5.41) is 2.60. The van der Waals surface area contributed by atoms with Gasteiger partial charge in [-0.2, -0.15) is 0 Å². The van der Waals surface area contributed by atoms with Crippen LogP contribution in [0, 0.1) is 5.82 Å². The second-order valence-corrected chi connectivity index (χ2v) is 6.94. The zero-order valence-corrected chi connectivity index (χ0v) is 16.6. The molecular weight excluding hydrogens is 387 g/mol. The van der Waals surface area contributed by atoms with Crippen LogP contribution in [0.5, 0.6) is 0 Å². The number of nitrogens with zero attached hydrogens (tertiary/aromatic N) is 1. The number of carbonyl (C=O) groups excluding carboxylic acids is 3. The third kappa shape index (κ3) is 5.31. The van der Waals surface area contributed by atoms with Crippen molar-refractivity contribution >= 4 is 23.9 Å². The summed E-state index contributed by atoms with van der Waals surface area (Å²) in [6, 6.07) is 13.4. The monoisotopic (exact) mass is 410 g/mol. The molecule has 0 aliphatic carbocycles. The van der Waals surface area contributed by atoms with Gasteiger partial charge in [0.15, 0.2) is 6.61 Å². The second-order valence-electron chi connectivity index (χ2n) is 6.94. The Morgan fingerprint density at radius 1 is 1.10 bits per heavy atom. The number of hydrogen-bond acceptors (Lipinski definition) is 4. The van der Waals surface area contributed by atoms with E-state index in [1.165, 1.54) is 17.9 Å². The van der Waals surface area contributed by atoms with Crippen LogP contribution < -0.4 is 5.32 Å². The molecule has 2 aromatic rings. The zero-order chi connectivity index (χ0) is 21.5. The SMILES string of the molecule is CC(=O)N1C=Cc2ccccc2[C@@H]1CC(=O)OCC(=O)NCCc1ccccc1F. The average Bonchev–Trinajstić information content (AvgIpc) is 2.73. The van der Waals surface area contributed by atoms with Crippen LogP contribution in [0.25, 0.3) is 6.08 Å². The van der Waals surface area contributed by atoms with Crippen LogP contribution in [0.4, 0.5) is 4.39 Å². The van der Waals surface area contributed by atoms with E-state index in [4.69, 9.17) is 4.74 Å². The molecule has 2 amide bonds. The smallest absolute Gasteiger partial charge is 0.308 e. The molecule has 0 unspecified atom stereocenters. The van der Waals surface area contributed by atoms with Crippen LogP contribution in [-0.2, 0) is 25.5 Å². The van der Waals surface area contributed by atoms with E-state index < -0.39 is 24.5 Å². The summed E-state index contributed by atoms with van der Waals surface area (Å²) in [5.74, 6) is -1.56. The van der Waals surface area contributed by atoms with Crippen LogP contribution in [0.1, 0.15) is 36.1 Å². The highest BCUT2D eigenvalue weighted by molar-refractivity contribution is 5.82. The molecule has 1 N–H and O–H groups in total. The summed E-state index contributed by atoms with van der Waals surface area (Å²) in [4.78, 5) is 37.7. The van der Waals surface area contributed by atoms with Crippen LogP contribution in [-0.4, -0.2) is 35.8 Å². The lowest BCUT2D eigenvalue weighted by atomic mass is 9.94. The fraction of sp³-hybridized carbons (Fsp3) is 0.261. The zero-order valence-electron chi connectivity index (χ0n) is 16.6. The number of fused-ring (bicyclic) bond motifs is 1. The topological polar surface area (TPSA) is 75.7 Å². The lowest BCUT2D eigenvalue weighted by Gasteiger charge is -2.32. The number of rotatable bonds is 7. The summed E-state index contributed by atoms with van der Waals surface area (Å²) >= 11 is 0. The van der Waals surface area contributed by atoms with Gasteiger partial charge < -0.3 is 15.0 Å². The summed E-state index contributed by atoms with van der Waals surface area (Å²) in [5.41, 5.74) is 2.28. The van der Waals surface area contributed by atoms with E-state index in [2.05, 4.69) is 5.32 Å². The second kappa shape index (κ2) is 9.82. The van der Waals surface area contributed by atoms with Gasteiger partial charge in [-0.05, 0) is 35.3 Å². The van der Waals surface area contributed by atoms with Crippen molar-refractivity contribution < 1.29 is 23.5 Å². The van der Waals surface area contributed by atoms with Gasteiger partial charge in [-0.25, -0.2) is 4.39 Å². The number of esters is 1. The molecule has 0 bridgehead atoms. The van der Waals surface area contributed by atoms with Gasteiger partial charge in [0, 0.05) is 19.7 Å².